The molecule has 0 bridgehead atoms. The van der Waals surface area contributed by atoms with Crippen LogP contribution in [0, 0.1) is 0 Å². The number of nitrogens with zero attached hydrogens (tertiary/aromatic N) is 2. The van der Waals surface area contributed by atoms with Crippen molar-refractivity contribution in [3.63, 3.8) is 0 Å². The molecule has 0 radical (unpaired) electrons. The molecule has 1 aliphatic carbocycles. The van der Waals surface area contributed by atoms with Crippen LogP contribution in [-0.2, 0) is 10.2 Å². The van der Waals surface area contributed by atoms with Crippen molar-refractivity contribution in [1.82, 2.24) is 20.5 Å². The van der Waals surface area contributed by atoms with Gasteiger partial charge in [-0.3, -0.25) is 9.59 Å². The van der Waals surface area contributed by atoms with E-state index < -0.39 is 24.0 Å². The van der Waals surface area contributed by atoms with E-state index in [1.54, 1.807) is 11.3 Å². The zero-order valence-electron chi connectivity index (χ0n) is 28.0. The van der Waals surface area contributed by atoms with Gasteiger partial charge in [0.2, 0.25) is 5.91 Å². The first-order valence-electron chi connectivity index (χ1n) is 17.1. The van der Waals surface area contributed by atoms with E-state index in [1.165, 1.54) is 0 Å². The topological polar surface area (TPSA) is 74.3 Å². The van der Waals surface area contributed by atoms with E-state index in [1.807, 2.05) is 110 Å². The molecule has 260 valence electrons. The average Bonchev–Trinajstić information content (AvgIpc) is 3.69. The summed E-state index contributed by atoms with van der Waals surface area (Å²) >= 11 is 1.58. The first-order valence-corrected chi connectivity index (χ1v) is 17.9. The van der Waals surface area contributed by atoms with Gasteiger partial charge in [0.25, 0.3) is 5.91 Å². The number of hydrogen-bond donors (Lipinski definition) is 2. The molecule has 1 aliphatic heterocycles. The van der Waals surface area contributed by atoms with Crippen LogP contribution in [0.25, 0.3) is 26.9 Å². The Hall–Kier alpha value is -4.54. The number of fused-ring (bicyclic) bond motifs is 2. The molecule has 0 saturated carbocycles. The fourth-order valence-corrected chi connectivity index (χ4v) is 8.05. The number of alkyl halides is 3. The van der Waals surface area contributed by atoms with Gasteiger partial charge in [0.1, 0.15) is 11.6 Å². The lowest BCUT2D eigenvalue weighted by molar-refractivity contribution is -0.141. The van der Waals surface area contributed by atoms with Gasteiger partial charge in [0.05, 0.1) is 15.6 Å². The Morgan fingerprint density at radius 1 is 0.980 bits per heavy atom. The van der Waals surface area contributed by atoms with Crippen LogP contribution >= 0.6 is 11.3 Å². The van der Waals surface area contributed by atoms with Gasteiger partial charge in [0.15, 0.2) is 0 Å². The number of nitrogens with one attached hydrogen (secondary N) is 2. The Balaban J connectivity index is 1.06. The maximum absolute atomic E-state index is 13.7. The number of likely N-dealkylation sites (tertiary alicyclic amines) is 1. The van der Waals surface area contributed by atoms with Crippen molar-refractivity contribution in [2.24, 2.45) is 0 Å². The third-order valence-corrected chi connectivity index (χ3v) is 10.6. The molecule has 6 nitrogen and oxygen atoms in total. The summed E-state index contributed by atoms with van der Waals surface area (Å²) < 4.78 is 40.7. The van der Waals surface area contributed by atoms with Crippen molar-refractivity contribution < 1.29 is 22.8 Å². The van der Waals surface area contributed by atoms with Gasteiger partial charge in [-0.1, -0.05) is 91.4 Å². The van der Waals surface area contributed by atoms with Crippen molar-refractivity contribution >= 4 is 39.4 Å². The van der Waals surface area contributed by atoms with Crippen LogP contribution in [0.5, 0.6) is 0 Å². The molecule has 2 heterocycles. The number of aromatic nitrogens is 1. The number of carbonyl (C=O) groups excluding carboxylic acids is 2. The minimum atomic E-state index is -4.51. The summed E-state index contributed by atoms with van der Waals surface area (Å²) in [7, 11) is 0. The second-order valence-corrected chi connectivity index (χ2v) is 13.9. The molecule has 2 amide bonds. The van der Waals surface area contributed by atoms with Crippen molar-refractivity contribution in [2.75, 3.05) is 26.2 Å². The number of unbranched alkanes of at least 4 members (excludes halogenated alkanes) is 1. The predicted octanol–water partition coefficient (Wildman–Crippen LogP) is 8.47. The lowest BCUT2D eigenvalue weighted by Gasteiger charge is -2.34. The number of halogens is 3. The van der Waals surface area contributed by atoms with E-state index in [4.69, 9.17) is 4.98 Å². The zero-order valence-corrected chi connectivity index (χ0v) is 28.8. The van der Waals surface area contributed by atoms with Crippen LogP contribution in [0.15, 0.2) is 103 Å². The van der Waals surface area contributed by atoms with Crippen LogP contribution in [0.4, 0.5) is 13.2 Å². The molecule has 50 heavy (non-hydrogen) atoms. The number of carbonyl (C=O) groups is 2. The van der Waals surface area contributed by atoms with Gasteiger partial charge < -0.3 is 15.5 Å². The van der Waals surface area contributed by atoms with Gasteiger partial charge in [-0.25, -0.2) is 4.98 Å². The second-order valence-electron chi connectivity index (χ2n) is 12.9. The number of allylic oxidation sites excluding steroid dienone is 4. The molecule has 10 heteroatoms. The standard InChI is InChI=1S/C40H41F3N4O2S/c1-2-3-4-14-29-26-28-13-5-8-17-33(28)39(29,38(49)44-27-40(41,42)43)22-11-12-23-47-24-20-30(21-25-47)45-36(48)31-15-6-7-16-32(31)37-46-34-18-9-10-19-35(34)50-37/h2-10,13-19,26,30H,11-12,20-25,27H2,1H3,(H,44,49)(H,45,48)/b3-2-,14-4-. The van der Waals surface area contributed by atoms with E-state index in [0.717, 1.165) is 70.8 Å². The lowest BCUT2D eigenvalue weighted by atomic mass is 9.72. The molecule has 1 saturated heterocycles. The van der Waals surface area contributed by atoms with Crippen molar-refractivity contribution in [1.29, 1.82) is 0 Å². The maximum Gasteiger partial charge on any atom is 0.405 e. The van der Waals surface area contributed by atoms with E-state index in [9.17, 15) is 22.8 Å². The third kappa shape index (κ3) is 7.92. The first kappa shape index (κ1) is 35.3. The van der Waals surface area contributed by atoms with Crippen molar-refractivity contribution in [3.8, 4) is 10.6 Å². The number of para-hydroxylation sites is 1. The summed E-state index contributed by atoms with van der Waals surface area (Å²) in [4.78, 5) is 34.3. The summed E-state index contributed by atoms with van der Waals surface area (Å²) in [5.74, 6) is -0.728. The quantitative estimate of drug-likeness (QED) is 0.115. The first-order chi connectivity index (χ1) is 24.2. The van der Waals surface area contributed by atoms with Crippen LogP contribution in [0.2, 0.25) is 0 Å². The van der Waals surface area contributed by atoms with Gasteiger partial charge in [0, 0.05) is 30.3 Å². The normalized spacial score (nSPS) is 18.5. The Kier molecular flexibility index (Phi) is 11.0. The van der Waals surface area contributed by atoms with Gasteiger partial charge in [-0.2, -0.15) is 13.2 Å². The van der Waals surface area contributed by atoms with Gasteiger partial charge in [-0.15, -0.1) is 11.3 Å². The lowest BCUT2D eigenvalue weighted by Crippen LogP contribution is -2.47. The van der Waals surface area contributed by atoms with E-state index in [2.05, 4.69) is 15.5 Å². The van der Waals surface area contributed by atoms with E-state index in [0.29, 0.717) is 24.0 Å². The number of benzene rings is 3. The molecule has 1 fully saturated rings. The highest BCUT2D eigenvalue weighted by Gasteiger charge is 2.47. The summed E-state index contributed by atoms with van der Waals surface area (Å²) in [6.45, 7) is 2.95. The van der Waals surface area contributed by atoms with Crippen LogP contribution in [0.3, 0.4) is 0 Å². The third-order valence-electron chi connectivity index (χ3n) is 9.54. The molecular formula is C40H41F3N4O2S. The number of thiazole rings is 1. The summed E-state index contributed by atoms with van der Waals surface area (Å²) in [5.41, 5.74) is 3.43. The van der Waals surface area contributed by atoms with E-state index >= 15 is 0 Å². The molecule has 3 aromatic carbocycles. The largest absolute Gasteiger partial charge is 0.405 e. The van der Waals surface area contributed by atoms with E-state index in [-0.39, 0.29) is 11.9 Å². The molecule has 0 spiro atoms. The summed E-state index contributed by atoms with van der Waals surface area (Å²) in [5, 5.41) is 6.27. The zero-order chi connectivity index (χ0) is 35.1. The summed E-state index contributed by atoms with van der Waals surface area (Å²) in [6.07, 6.45) is 8.23. The Morgan fingerprint density at radius 3 is 2.50 bits per heavy atom. The monoisotopic (exact) mass is 698 g/mol. The molecule has 6 rings (SSSR count). The Bertz CT molecular complexity index is 1890. The van der Waals surface area contributed by atoms with Crippen LogP contribution in [-0.4, -0.2) is 60.1 Å². The van der Waals surface area contributed by atoms with Crippen molar-refractivity contribution in [2.45, 2.75) is 56.7 Å². The number of hydrogen-bond acceptors (Lipinski definition) is 5. The average molecular weight is 699 g/mol. The molecule has 1 aromatic heterocycles. The van der Waals surface area contributed by atoms with Crippen LogP contribution in [0.1, 0.15) is 60.5 Å². The predicted molar refractivity (Wildman–Crippen MR) is 195 cm³/mol. The highest BCUT2D eigenvalue weighted by molar-refractivity contribution is 7.21. The van der Waals surface area contributed by atoms with Crippen molar-refractivity contribution in [3.05, 3.63) is 119 Å². The number of amides is 2. The number of piperidine rings is 1. The Morgan fingerprint density at radius 2 is 1.72 bits per heavy atom. The Labute approximate surface area is 294 Å². The second kappa shape index (κ2) is 15.6. The number of rotatable bonds is 12. The van der Waals surface area contributed by atoms with Gasteiger partial charge >= 0.3 is 6.18 Å². The highest BCUT2D eigenvalue weighted by Crippen LogP contribution is 2.46. The van der Waals surface area contributed by atoms with Gasteiger partial charge in [-0.05, 0) is 74.1 Å². The minimum Gasteiger partial charge on any atom is -0.349 e. The fraction of sp³-hybridized carbons (Fsp3) is 0.325. The highest BCUT2D eigenvalue weighted by atomic mass is 32.1. The summed E-state index contributed by atoms with van der Waals surface area (Å²) in [6, 6.07) is 23.1. The smallest absolute Gasteiger partial charge is 0.349 e. The molecular weight excluding hydrogens is 658 g/mol. The maximum atomic E-state index is 13.7. The molecule has 4 aromatic rings. The molecule has 2 aliphatic rings. The molecule has 1 unspecified atom stereocenters. The minimum absolute atomic E-state index is 0.0504. The SMILES string of the molecule is C/C=C\C=C/C1=Cc2ccccc2C1(CCCCN1CCC(NC(=O)c2ccccc2-c2nc3ccccc3s2)CC1)C(=O)NCC(F)(F)F. The molecule has 1 atom stereocenters. The fourth-order valence-electron chi connectivity index (χ4n) is 7.04. The molecule has 2 N–H and O–H groups in total. The van der Waals surface area contributed by atoms with Crippen LogP contribution < -0.4 is 10.6 Å².